The molecular weight excluding hydrogens is 332 g/mol. The van der Waals surface area contributed by atoms with E-state index in [2.05, 4.69) is 59.8 Å². The van der Waals surface area contributed by atoms with E-state index in [9.17, 15) is 4.79 Å². The standard InChI is InChI=1S/C25H30O2/c1-7-19(17-8-10-18(11-9-17)23(26)27)20-15-22-21(14-16(20)2)24(3,4)12-13-25(22,5)6/h7-11,14-15H,12-13H2,1-6H3,(H,26,27)/b19-7+. The van der Waals surface area contributed by atoms with E-state index in [1.54, 1.807) is 12.1 Å². The lowest BCUT2D eigenvalue weighted by Crippen LogP contribution is -2.34. The molecule has 1 N–H and O–H groups in total. The van der Waals surface area contributed by atoms with Gasteiger partial charge in [0.2, 0.25) is 0 Å². The Labute approximate surface area is 162 Å². The maximum atomic E-state index is 11.2. The number of hydrogen-bond donors (Lipinski definition) is 1. The molecule has 1 aliphatic carbocycles. The zero-order valence-electron chi connectivity index (χ0n) is 17.3. The molecule has 0 fully saturated rings. The van der Waals surface area contributed by atoms with Crippen LogP contribution in [0.3, 0.4) is 0 Å². The largest absolute Gasteiger partial charge is 0.478 e. The monoisotopic (exact) mass is 362 g/mol. The van der Waals surface area contributed by atoms with Crippen LogP contribution >= 0.6 is 0 Å². The van der Waals surface area contributed by atoms with E-state index in [1.807, 2.05) is 12.1 Å². The molecule has 2 nitrogen and oxygen atoms in total. The van der Waals surface area contributed by atoms with Crippen molar-refractivity contribution in [3.05, 3.63) is 75.9 Å². The molecule has 1 aliphatic rings. The van der Waals surface area contributed by atoms with Gasteiger partial charge in [-0.15, -0.1) is 0 Å². The average molecular weight is 363 g/mol. The Balaban J connectivity index is 2.15. The fourth-order valence-corrected chi connectivity index (χ4v) is 4.28. The molecule has 0 saturated heterocycles. The second-order valence-electron chi connectivity index (χ2n) is 9.07. The van der Waals surface area contributed by atoms with Gasteiger partial charge in [0.15, 0.2) is 0 Å². The van der Waals surface area contributed by atoms with Gasteiger partial charge in [-0.05, 0) is 83.0 Å². The number of fused-ring (bicyclic) bond motifs is 1. The third kappa shape index (κ3) is 3.45. The summed E-state index contributed by atoms with van der Waals surface area (Å²) in [6, 6.07) is 11.9. The van der Waals surface area contributed by atoms with E-state index >= 15 is 0 Å². The van der Waals surface area contributed by atoms with Crippen LogP contribution in [0.25, 0.3) is 5.57 Å². The third-order valence-electron chi connectivity index (χ3n) is 6.22. The fraction of sp³-hybridized carbons (Fsp3) is 0.400. The number of carboxylic acids is 1. The highest BCUT2D eigenvalue weighted by Gasteiger charge is 2.37. The van der Waals surface area contributed by atoms with Crippen molar-refractivity contribution in [2.45, 2.75) is 65.2 Å². The van der Waals surface area contributed by atoms with E-state index in [-0.39, 0.29) is 10.8 Å². The van der Waals surface area contributed by atoms with Crippen molar-refractivity contribution in [2.75, 3.05) is 0 Å². The molecule has 0 bridgehead atoms. The van der Waals surface area contributed by atoms with Crippen molar-refractivity contribution in [3.8, 4) is 0 Å². The van der Waals surface area contributed by atoms with Crippen LogP contribution in [0, 0.1) is 6.92 Å². The van der Waals surface area contributed by atoms with Crippen LogP contribution in [-0.2, 0) is 10.8 Å². The number of rotatable bonds is 3. The van der Waals surface area contributed by atoms with Crippen molar-refractivity contribution < 1.29 is 9.90 Å². The second kappa shape index (κ2) is 6.67. The topological polar surface area (TPSA) is 37.3 Å². The van der Waals surface area contributed by atoms with Crippen LogP contribution in [0.4, 0.5) is 0 Å². The van der Waals surface area contributed by atoms with Crippen molar-refractivity contribution in [1.82, 2.24) is 0 Å². The van der Waals surface area contributed by atoms with Gasteiger partial charge in [-0.2, -0.15) is 0 Å². The molecule has 2 aromatic rings. The number of hydrogen-bond acceptors (Lipinski definition) is 1. The van der Waals surface area contributed by atoms with E-state index < -0.39 is 5.97 Å². The van der Waals surface area contributed by atoms with E-state index in [0.717, 1.165) is 11.1 Å². The van der Waals surface area contributed by atoms with E-state index in [1.165, 1.54) is 35.1 Å². The highest BCUT2D eigenvalue weighted by atomic mass is 16.4. The fourth-order valence-electron chi connectivity index (χ4n) is 4.28. The van der Waals surface area contributed by atoms with Crippen LogP contribution in [0.2, 0.25) is 0 Å². The molecular formula is C25H30O2. The van der Waals surface area contributed by atoms with Crippen LogP contribution in [0.5, 0.6) is 0 Å². The van der Waals surface area contributed by atoms with Crippen LogP contribution in [0.1, 0.15) is 85.6 Å². The Kier molecular flexibility index (Phi) is 4.80. The molecule has 3 rings (SSSR count). The Morgan fingerprint density at radius 1 is 0.926 bits per heavy atom. The summed E-state index contributed by atoms with van der Waals surface area (Å²) in [6.07, 6.45) is 4.53. The second-order valence-corrected chi connectivity index (χ2v) is 9.07. The maximum Gasteiger partial charge on any atom is 0.335 e. The minimum Gasteiger partial charge on any atom is -0.478 e. The predicted molar refractivity (Wildman–Crippen MR) is 113 cm³/mol. The molecule has 2 heteroatoms. The summed E-state index contributed by atoms with van der Waals surface area (Å²) in [7, 11) is 0. The zero-order valence-corrected chi connectivity index (χ0v) is 17.3. The van der Waals surface area contributed by atoms with Crippen molar-refractivity contribution in [2.24, 2.45) is 0 Å². The van der Waals surface area contributed by atoms with Crippen LogP contribution in [0.15, 0.2) is 42.5 Å². The number of benzene rings is 2. The van der Waals surface area contributed by atoms with Gasteiger partial charge in [0.05, 0.1) is 5.56 Å². The summed E-state index contributed by atoms with van der Waals surface area (Å²) in [5.74, 6) is -0.891. The van der Waals surface area contributed by atoms with Crippen LogP contribution < -0.4 is 0 Å². The van der Waals surface area contributed by atoms with Crippen molar-refractivity contribution in [1.29, 1.82) is 0 Å². The van der Waals surface area contributed by atoms with E-state index in [0.29, 0.717) is 5.56 Å². The highest BCUT2D eigenvalue weighted by molar-refractivity contribution is 5.89. The third-order valence-corrected chi connectivity index (χ3v) is 6.22. The number of carbonyl (C=O) groups is 1. The normalized spacial score (nSPS) is 18.1. The first-order chi connectivity index (χ1) is 12.6. The molecule has 0 saturated carbocycles. The molecule has 0 radical (unpaired) electrons. The Hall–Kier alpha value is -2.35. The molecule has 0 atom stereocenters. The summed E-state index contributed by atoms with van der Waals surface area (Å²) in [4.78, 5) is 11.2. The molecule has 27 heavy (non-hydrogen) atoms. The van der Waals surface area contributed by atoms with Gasteiger partial charge in [-0.3, -0.25) is 0 Å². The lowest BCUT2D eigenvalue weighted by Gasteiger charge is -2.42. The van der Waals surface area contributed by atoms with Gasteiger partial charge in [0.1, 0.15) is 0 Å². The number of allylic oxidation sites excluding steroid dienone is 1. The predicted octanol–water partition coefficient (Wildman–Crippen LogP) is 6.49. The SMILES string of the molecule is C/C=C(\c1ccc(C(=O)O)cc1)c1cc2c(cc1C)C(C)(C)CCC2(C)C. The molecule has 0 aromatic heterocycles. The molecule has 0 heterocycles. The molecule has 0 aliphatic heterocycles. The molecule has 0 unspecified atom stereocenters. The maximum absolute atomic E-state index is 11.2. The van der Waals surface area contributed by atoms with Gasteiger partial charge in [0.25, 0.3) is 0 Å². The van der Waals surface area contributed by atoms with Gasteiger partial charge in [-0.25, -0.2) is 4.79 Å². The summed E-state index contributed by atoms with van der Waals surface area (Å²) >= 11 is 0. The summed E-state index contributed by atoms with van der Waals surface area (Å²) < 4.78 is 0. The molecule has 0 spiro atoms. The van der Waals surface area contributed by atoms with Crippen molar-refractivity contribution >= 4 is 11.5 Å². The minimum absolute atomic E-state index is 0.166. The Morgan fingerprint density at radius 2 is 1.41 bits per heavy atom. The molecule has 0 amide bonds. The first-order valence-electron chi connectivity index (χ1n) is 9.73. The molecule has 2 aromatic carbocycles. The lowest BCUT2D eigenvalue weighted by molar-refractivity contribution is 0.0697. The Morgan fingerprint density at radius 3 is 1.89 bits per heavy atom. The smallest absolute Gasteiger partial charge is 0.335 e. The number of carboxylic acid groups (broad SMARTS) is 1. The molecule has 142 valence electrons. The first kappa shape index (κ1) is 19.4. The average Bonchev–Trinajstić information content (AvgIpc) is 2.61. The zero-order chi connectivity index (χ0) is 20.0. The van der Waals surface area contributed by atoms with Gasteiger partial charge in [-0.1, -0.05) is 58.0 Å². The summed E-state index contributed by atoms with van der Waals surface area (Å²) in [5.41, 5.74) is 8.33. The highest BCUT2D eigenvalue weighted by Crippen LogP contribution is 2.47. The van der Waals surface area contributed by atoms with Crippen molar-refractivity contribution in [3.63, 3.8) is 0 Å². The van der Waals surface area contributed by atoms with Crippen LogP contribution in [-0.4, -0.2) is 11.1 Å². The lowest BCUT2D eigenvalue weighted by atomic mass is 9.62. The van der Waals surface area contributed by atoms with E-state index in [4.69, 9.17) is 5.11 Å². The number of aromatic carboxylic acids is 1. The summed E-state index contributed by atoms with van der Waals surface area (Å²) in [5, 5.41) is 9.16. The quantitative estimate of drug-likeness (QED) is 0.677. The Bertz CT molecular complexity index is 912. The first-order valence-corrected chi connectivity index (χ1v) is 9.73. The number of aryl methyl sites for hydroxylation is 1. The minimum atomic E-state index is -0.891. The van der Waals surface area contributed by atoms with Gasteiger partial charge >= 0.3 is 5.97 Å². The van der Waals surface area contributed by atoms with Gasteiger partial charge in [0, 0.05) is 0 Å². The van der Waals surface area contributed by atoms with Gasteiger partial charge < -0.3 is 5.11 Å². The summed E-state index contributed by atoms with van der Waals surface area (Å²) in [6.45, 7) is 13.6.